The molecule has 2 rings (SSSR count). The molecule has 0 spiro atoms. The van der Waals surface area contributed by atoms with E-state index in [0.717, 1.165) is 0 Å². The first-order valence-electron chi connectivity index (χ1n) is 5.29. The third-order valence-corrected chi connectivity index (χ3v) is 3.26. The lowest BCUT2D eigenvalue weighted by Crippen LogP contribution is -2.15. The van der Waals surface area contributed by atoms with Gasteiger partial charge in [0.1, 0.15) is 5.82 Å². The summed E-state index contributed by atoms with van der Waals surface area (Å²) >= 11 is 9.05. The summed E-state index contributed by atoms with van der Waals surface area (Å²) in [6.45, 7) is 0. The van der Waals surface area contributed by atoms with Crippen LogP contribution in [0.2, 0.25) is 5.02 Å². The van der Waals surface area contributed by atoms with Gasteiger partial charge in [-0.15, -0.1) is 0 Å². The molecule has 19 heavy (non-hydrogen) atoms. The molecule has 0 heterocycles. The molecule has 0 saturated heterocycles. The van der Waals surface area contributed by atoms with Gasteiger partial charge in [-0.3, -0.25) is 4.79 Å². The van der Waals surface area contributed by atoms with Crippen LogP contribution in [0.5, 0.6) is 0 Å². The number of amides is 1. The summed E-state index contributed by atoms with van der Waals surface area (Å²) in [5.41, 5.74) is 6.12. The molecule has 1 amide bonds. The van der Waals surface area contributed by atoms with Gasteiger partial charge in [0.15, 0.2) is 0 Å². The van der Waals surface area contributed by atoms with Gasteiger partial charge >= 0.3 is 0 Å². The minimum absolute atomic E-state index is 0.0625. The van der Waals surface area contributed by atoms with E-state index in [4.69, 9.17) is 17.3 Å². The van der Waals surface area contributed by atoms with Crippen LogP contribution in [0.25, 0.3) is 0 Å². The quantitative estimate of drug-likeness (QED) is 0.807. The minimum Gasteiger partial charge on any atom is -0.398 e. The zero-order valence-electron chi connectivity index (χ0n) is 9.58. The number of nitrogens with one attached hydrogen (secondary N) is 1. The fraction of sp³-hybridized carbons (Fsp3) is 0. The first kappa shape index (κ1) is 13.8. The van der Waals surface area contributed by atoms with E-state index in [1.807, 2.05) is 0 Å². The summed E-state index contributed by atoms with van der Waals surface area (Å²) in [6, 6.07) is 9.06. The fourth-order valence-electron chi connectivity index (χ4n) is 1.56. The lowest BCUT2D eigenvalue weighted by atomic mass is 10.1. The van der Waals surface area contributed by atoms with E-state index < -0.39 is 11.7 Å². The first-order valence-corrected chi connectivity index (χ1v) is 6.46. The van der Waals surface area contributed by atoms with Crippen molar-refractivity contribution in [2.75, 3.05) is 11.1 Å². The first-order chi connectivity index (χ1) is 8.99. The summed E-state index contributed by atoms with van der Waals surface area (Å²) < 4.78 is 14.2. The maximum absolute atomic E-state index is 13.6. The number of nitrogen functional groups attached to an aromatic ring is 1. The molecule has 0 atom stereocenters. The van der Waals surface area contributed by atoms with Gasteiger partial charge in [0.25, 0.3) is 5.91 Å². The van der Waals surface area contributed by atoms with Crippen molar-refractivity contribution in [2.45, 2.75) is 0 Å². The highest BCUT2D eigenvalue weighted by atomic mass is 79.9. The maximum atomic E-state index is 13.6. The highest BCUT2D eigenvalue weighted by molar-refractivity contribution is 9.10. The van der Waals surface area contributed by atoms with Crippen LogP contribution >= 0.6 is 27.5 Å². The molecule has 0 radical (unpaired) electrons. The standard InChI is InChI=1S/C13H9BrClFN2O/c14-7-4-5-11(9(16)6-7)18-13(19)12-8(15)2-1-3-10(12)17/h1-6H,17H2,(H,18,19). The molecule has 0 aliphatic heterocycles. The van der Waals surface area contributed by atoms with E-state index in [0.29, 0.717) is 4.47 Å². The molecule has 2 aromatic rings. The van der Waals surface area contributed by atoms with E-state index in [-0.39, 0.29) is 22.0 Å². The average Bonchev–Trinajstić information content (AvgIpc) is 2.32. The lowest BCUT2D eigenvalue weighted by Gasteiger charge is -2.10. The number of hydrogen-bond acceptors (Lipinski definition) is 2. The minimum atomic E-state index is -0.552. The molecule has 0 bridgehead atoms. The van der Waals surface area contributed by atoms with Crippen molar-refractivity contribution in [1.29, 1.82) is 0 Å². The molecule has 0 aromatic heterocycles. The normalized spacial score (nSPS) is 10.3. The van der Waals surface area contributed by atoms with E-state index in [9.17, 15) is 9.18 Å². The maximum Gasteiger partial charge on any atom is 0.259 e. The number of benzene rings is 2. The SMILES string of the molecule is Nc1cccc(Cl)c1C(=O)Nc1ccc(Br)cc1F. The van der Waals surface area contributed by atoms with Gasteiger partial charge in [0.05, 0.1) is 16.3 Å². The zero-order chi connectivity index (χ0) is 14.0. The van der Waals surface area contributed by atoms with Crippen molar-refractivity contribution in [1.82, 2.24) is 0 Å². The molecule has 3 N–H and O–H groups in total. The number of carbonyl (C=O) groups is 1. The van der Waals surface area contributed by atoms with Crippen molar-refractivity contribution in [3.63, 3.8) is 0 Å². The zero-order valence-corrected chi connectivity index (χ0v) is 11.9. The summed E-state index contributed by atoms with van der Waals surface area (Å²) in [5.74, 6) is -1.10. The van der Waals surface area contributed by atoms with Crippen LogP contribution < -0.4 is 11.1 Å². The molecule has 0 unspecified atom stereocenters. The topological polar surface area (TPSA) is 55.1 Å². The van der Waals surface area contributed by atoms with Crippen LogP contribution in [0.3, 0.4) is 0 Å². The highest BCUT2D eigenvalue weighted by Crippen LogP contribution is 2.25. The van der Waals surface area contributed by atoms with Gasteiger partial charge in [-0.1, -0.05) is 33.6 Å². The Morgan fingerprint density at radius 2 is 2.05 bits per heavy atom. The smallest absolute Gasteiger partial charge is 0.259 e. The van der Waals surface area contributed by atoms with Gasteiger partial charge < -0.3 is 11.1 Å². The number of carbonyl (C=O) groups excluding carboxylic acids is 1. The van der Waals surface area contributed by atoms with Crippen molar-refractivity contribution in [3.05, 3.63) is 57.3 Å². The molecule has 0 fully saturated rings. The number of nitrogens with two attached hydrogens (primary N) is 1. The van der Waals surface area contributed by atoms with Crippen LogP contribution in [0.4, 0.5) is 15.8 Å². The third kappa shape index (κ3) is 3.05. The summed E-state index contributed by atoms with van der Waals surface area (Å²) in [4.78, 5) is 12.0. The molecular weight excluding hydrogens is 335 g/mol. The second-order valence-electron chi connectivity index (χ2n) is 3.78. The van der Waals surface area contributed by atoms with Crippen LogP contribution in [0.15, 0.2) is 40.9 Å². The predicted octanol–water partition coefficient (Wildman–Crippen LogP) is 4.08. The Morgan fingerprint density at radius 1 is 1.32 bits per heavy atom. The highest BCUT2D eigenvalue weighted by Gasteiger charge is 2.15. The van der Waals surface area contributed by atoms with Gasteiger partial charge in [-0.25, -0.2) is 4.39 Å². The number of anilines is 2. The number of halogens is 3. The molecule has 3 nitrogen and oxygen atoms in total. The molecule has 2 aromatic carbocycles. The largest absolute Gasteiger partial charge is 0.398 e. The Labute approximate surface area is 122 Å². The second kappa shape index (κ2) is 5.59. The van der Waals surface area contributed by atoms with E-state index in [2.05, 4.69) is 21.2 Å². The van der Waals surface area contributed by atoms with Crippen LogP contribution in [-0.2, 0) is 0 Å². The van der Waals surface area contributed by atoms with Crippen molar-refractivity contribution < 1.29 is 9.18 Å². The Hall–Kier alpha value is -1.59. The Bertz CT molecular complexity index is 628. The second-order valence-corrected chi connectivity index (χ2v) is 5.11. The van der Waals surface area contributed by atoms with Crippen LogP contribution in [-0.4, -0.2) is 5.91 Å². The Balaban J connectivity index is 2.31. The number of rotatable bonds is 2. The molecule has 98 valence electrons. The van der Waals surface area contributed by atoms with Gasteiger partial charge in [-0.05, 0) is 30.3 Å². The fourth-order valence-corrected chi connectivity index (χ4v) is 2.16. The lowest BCUT2D eigenvalue weighted by molar-refractivity contribution is 0.102. The summed E-state index contributed by atoms with van der Waals surface area (Å²) in [5, 5.41) is 2.65. The molecule has 6 heteroatoms. The summed E-state index contributed by atoms with van der Waals surface area (Å²) in [6.07, 6.45) is 0. The Kier molecular flexibility index (Phi) is 4.07. The molecular formula is C13H9BrClFN2O. The van der Waals surface area contributed by atoms with Crippen molar-refractivity contribution >= 4 is 44.8 Å². The van der Waals surface area contributed by atoms with E-state index >= 15 is 0 Å². The van der Waals surface area contributed by atoms with Gasteiger partial charge in [0, 0.05) is 10.2 Å². The van der Waals surface area contributed by atoms with Crippen molar-refractivity contribution in [2.24, 2.45) is 0 Å². The molecule has 0 aliphatic rings. The number of hydrogen-bond donors (Lipinski definition) is 2. The average molecular weight is 344 g/mol. The summed E-state index contributed by atoms with van der Waals surface area (Å²) in [7, 11) is 0. The predicted molar refractivity (Wildman–Crippen MR) is 77.9 cm³/mol. The van der Waals surface area contributed by atoms with E-state index in [1.54, 1.807) is 24.3 Å². The molecule has 0 saturated carbocycles. The Morgan fingerprint density at radius 3 is 2.68 bits per heavy atom. The van der Waals surface area contributed by atoms with Crippen LogP contribution in [0.1, 0.15) is 10.4 Å². The van der Waals surface area contributed by atoms with Crippen LogP contribution in [0, 0.1) is 5.82 Å². The van der Waals surface area contributed by atoms with Gasteiger partial charge in [-0.2, -0.15) is 0 Å². The molecule has 0 aliphatic carbocycles. The van der Waals surface area contributed by atoms with Gasteiger partial charge in [0.2, 0.25) is 0 Å². The van der Waals surface area contributed by atoms with E-state index in [1.165, 1.54) is 12.1 Å². The monoisotopic (exact) mass is 342 g/mol. The van der Waals surface area contributed by atoms with Crippen molar-refractivity contribution in [3.8, 4) is 0 Å². The third-order valence-electron chi connectivity index (χ3n) is 2.45.